The van der Waals surface area contributed by atoms with Crippen molar-refractivity contribution >= 4 is 26.5 Å². The Morgan fingerprint density at radius 1 is 1.60 bits per heavy atom. The van der Waals surface area contributed by atoms with Gasteiger partial charge < -0.3 is 5.32 Å². The van der Waals surface area contributed by atoms with Crippen LogP contribution in [0.15, 0.2) is 6.20 Å². The number of fused-ring (bicyclic) bond motifs is 3. The van der Waals surface area contributed by atoms with Gasteiger partial charge in [-0.05, 0) is 16.3 Å². The van der Waals surface area contributed by atoms with E-state index in [1.165, 1.54) is 4.88 Å². The minimum Gasteiger partial charge on any atom is -0.368 e. The van der Waals surface area contributed by atoms with E-state index < -0.39 is 0 Å². The smallest absolute Gasteiger partial charge is 0.157 e. The molecule has 0 spiro atoms. The van der Waals surface area contributed by atoms with Crippen LogP contribution in [0, 0.1) is 6.92 Å². The number of anilines is 1. The average molecular weight is 238 g/mol. The fraction of sp³-hybridized carbons (Fsp3) is 0.333. The first-order chi connectivity index (χ1) is 7.24. The lowest BCUT2D eigenvalue weighted by molar-refractivity contribution is 0.978. The minimum atomic E-state index is 0.934. The van der Waals surface area contributed by atoms with Crippen molar-refractivity contribution < 1.29 is 0 Å². The molecule has 0 amide bonds. The number of hydrogen-bond acceptors (Lipinski definition) is 4. The van der Waals surface area contributed by atoms with Gasteiger partial charge in [0, 0.05) is 24.0 Å². The zero-order valence-corrected chi connectivity index (χ0v) is 10.3. The summed E-state index contributed by atoms with van der Waals surface area (Å²) in [7, 11) is 2.55. The highest BCUT2D eigenvalue weighted by atomic mass is 32.1. The number of nitrogens with zero attached hydrogens (tertiary/aromatic N) is 3. The van der Waals surface area contributed by atoms with E-state index in [0.717, 1.165) is 35.0 Å². The maximum Gasteiger partial charge on any atom is 0.157 e. The molecule has 3 heterocycles. The number of aryl methyl sites for hydroxylation is 1. The number of rotatable bonds is 0. The van der Waals surface area contributed by atoms with Gasteiger partial charge in [0.05, 0.1) is 16.3 Å². The van der Waals surface area contributed by atoms with Crippen molar-refractivity contribution in [3.05, 3.63) is 16.1 Å². The molecule has 1 unspecified atom stereocenters. The Morgan fingerprint density at radius 2 is 2.47 bits per heavy atom. The highest BCUT2D eigenvalue weighted by molar-refractivity contribution is 7.14. The molecule has 0 bridgehead atoms. The summed E-state index contributed by atoms with van der Waals surface area (Å²) in [6.45, 7) is 2.99. The number of nitrogens with one attached hydrogen (secondary N) is 1. The molecule has 4 nitrogen and oxygen atoms in total. The Hall–Kier alpha value is -0.930. The second kappa shape index (κ2) is 3.29. The van der Waals surface area contributed by atoms with Gasteiger partial charge >= 0.3 is 0 Å². The molecule has 0 saturated carbocycles. The molecule has 0 aromatic carbocycles. The van der Waals surface area contributed by atoms with Gasteiger partial charge in [-0.3, -0.25) is 4.45 Å². The second-order valence-electron chi connectivity index (χ2n) is 3.55. The maximum absolute atomic E-state index is 4.58. The third kappa shape index (κ3) is 1.46. The largest absolute Gasteiger partial charge is 0.368 e. The second-order valence-corrected chi connectivity index (χ2v) is 5.37. The first-order valence-electron chi connectivity index (χ1n) is 4.79. The molecule has 0 saturated heterocycles. The molecule has 1 aliphatic heterocycles. The molecule has 15 heavy (non-hydrogen) atoms. The summed E-state index contributed by atoms with van der Waals surface area (Å²) in [6, 6.07) is 0. The lowest BCUT2D eigenvalue weighted by atomic mass is 10.2. The molecule has 2 aromatic rings. The fourth-order valence-electron chi connectivity index (χ4n) is 1.84. The molecular formula is C9H11N4PS. The molecule has 0 fully saturated rings. The Balaban J connectivity index is 2.25. The van der Waals surface area contributed by atoms with E-state index in [1.54, 1.807) is 15.8 Å². The Bertz CT molecular complexity index is 470. The van der Waals surface area contributed by atoms with E-state index in [1.807, 2.05) is 6.20 Å². The topological polar surface area (TPSA) is 42.7 Å². The lowest BCUT2D eigenvalue weighted by Gasteiger charge is -1.97. The van der Waals surface area contributed by atoms with Crippen molar-refractivity contribution in [1.29, 1.82) is 0 Å². The molecule has 6 heteroatoms. The maximum atomic E-state index is 4.58. The average Bonchev–Trinajstić information content (AvgIpc) is 2.67. The summed E-state index contributed by atoms with van der Waals surface area (Å²) in [4.78, 5) is 5.94. The predicted molar refractivity (Wildman–Crippen MR) is 65.4 cm³/mol. The third-order valence-electron chi connectivity index (χ3n) is 2.44. The van der Waals surface area contributed by atoms with Crippen LogP contribution >= 0.6 is 20.7 Å². The first kappa shape index (κ1) is 9.31. The lowest BCUT2D eigenvalue weighted by Crippen LogP contribution is -2.02. The van der Waals surface area contributed by atoms with Crippen LogP contribution in [0.2, 0.25) is 0 Å². The van der Waals surface area contributed by atoms with Crippen LogP contribution in [0.3, 0.4) is 0 Å². The molecule has 78 valence electrons. The normalized spacial score (nSPS) is 14.0. The van der Waals surface area contributed by atoms with Crippen LogP contribution in [-0.4, -0.2) is 21.1 Å². The van der Waals surface area contributed by atoms with Crippen LogP contribution in [0.5, 0.6) is 0 Å². The van der Waals surface area contributed by atoms with E-state index in [-0.39, 0.29) is 0 Å². The van der Waals surface area contributed by atoms with Gasteiger partial charge in [-0.15, -0.1) is 11.3 Å². The Kier molecular flexibility index (Phi) is 2.04. The highest BCUT2D eigenvalue weighted by Crippen LogP contribution is 2.35. The molecule has 1 aliphatic rings. The Labute approximate surface area is 94.0 Å². The monoisotopic (exact) mass is 238 g/mol. The zero-order valence-electron chi connectivity index (χ0n) is 8.32. The SMILES string of the molecule is Cc1nc2c(s1)CCNc1nn(P)cc1-2. The van der Waals surface area contributed by atoms with Crippen LogP contribution in [0.4, 0.5) is 5.82 Å². The van der Waals surface area contributed by atoms with Gasteiger partial charge in [0.1, 0.15) is 0 Å². The number of hydrogen-bond donors (Lipinski definition) is 1. The van der Waals surface area contributed by atoms with Gasteiger partial charge in [0.15, 0.2) is 5.82 Å². The van der Waals surface area contributed by atoms with Gasteiger partial charge in [-0.2, -0.15) is 5.10 Å². The van der Waals surface area contributed by atoms with Crippen molar-refractivity contribution in [1.82, 2.24) is 14.5 Å². The van der Waals surface area contributed by atoms with Crippen molar-refractivity contribution in [2.75, 3.05) is 11.9 Å². The molecular weight excluding hydrogens is 227 g/mol. The predicted octanol–water partition coefficient (Wildman–Crippen LogP) is 1.92. The summed E-state index contributed by atoms with van der Waals surface area (Å²) < 4.78 is 1.75. The molecule has 3 rings (SSSR count). The summed E-state index contributed by atoms with van der Waals surface area (Å²) in [5.74, 6) is 0.939. The quantitative estimate of drug-likeness (QED) is 0.713. The van der Waals surface area contributed by atoms with Crippen LogP contribution in [0.1, 0.15) is 9.88 Å². The van der Waals surface area contributed by atoms with Gasteiger partial charge in [-0.1, -0.05) is 0 Å². The minimum absolute atomic E-state index is 0.934. The first-order valence-corrected chi connectivity index (χ1v) is 6.12. The highest BCUT2D eigenvalue weighted by Gasteiger charge is 2.20. The van der Waals surface area contributed by atoms with Crippen LogP contribution in [-0.2, 0) is 6.42 Å². The summed E-state index contributed by atoms with van der Waals surface area (Å²) >= 11 is 1.78. The van der Waals surface area contributed by atoms with E-state index >= 15 is 0 Å². The van der Waals surface area contributed by atoms with E-state index in [9.17, 15) is 0 Å². The van der Waals surface area contributed by atoms with Gasteiger partial charge in [0.2, 0.25) is 0 Å². The number of aromatic nitrogens is 3. The summed E-state index contributed by atoms with van der Waals surface area (Å²) in [6.07, 6.45) is 3.03. The van der Waals surface area contributed by atoms with Crippen molar-refractivity contribution in [2.24, 2.45) is 0 Å². The third-order valence-corrected chi connectivity index (χ3v) is 3.73. The van der Waals surface area contributed by atoms with Crippen LogP contribution < -0.4 is 5.32 Å². The molecule has 0 radical (unpaired) electrons. The summed E-state index contributed by atoms with van der Waals surface area (Å²) in [5, 5.41) is 8.80. The van der Waals surface area contributed by atoms with Gasteiger partial charge in [0.25, 0.3) is 0 Å². The van der Waals surface area contributed by atoms with E-state index in [2.05, 4.69) is 31.7 Å². The molecule has 1 N–H and O–H groups in total. The van der Waals surface area contributed by atoms with Crippen molar-refractivity contribution in [2.45, 2.75) is 13.3 Å². The van der Waals surface area contributed by atoms with Crippen molar-refractivity contribution in [3.63, 3.8) is 0 Å². The molecule has 1 atom stereocenters. The zero-order chi connectivity index (χ0) is 10.4. The Morgan fingerprint density at radius 3 is 3.33 bits per heavy atom. The van der Waals surface area contributed by atoms with E-state index in [4.69, 9.17) is 0 Å². The van der Waals surface area contributed by atoms with E-state index in [0.29, 0.717) is 0 Å². The van der Waals surface area contributed by atoms with Crippen LogP contribution in [0.25, 0.3) is 11.3 Å². The number of thiazole rings is 1. The van der Waals surface area contributed by atoms with Crippen molar-refractivity contribution in [3.8, 4) is 11.3 Å². The molecule has 2 aromatic heterocycles. The summed E-state index contributed by atoms with van der Waals surface area (Å²) in [5.41, 5.74) is 2.22. The van der Waals surface area contributed by atoms with Gasteiger partial charge in [-0.25, -0.2) is 4.98 Å². The fourth-order valence-corrected chi connectivity index (χ4v) is 3.05. The molecule has 0 aliphatic carbocycles. The standard InChI is InChI=1S/C9H11N4PS/c1-5-11-8-6-4-13(14)12-9(6)10-3-2-7(8)15-5/h4H,2-3,14H2,1H3,(H,10,12).